The van der Waals surface area contributed by atoms with Gasteiger partial charge in [0.25, 0.3) is 0 Å². The predicted octanol–water partition coefficient (Wildman–Crippen LogP) is 4.95. The average Bonchev–Trinajstić information content (AvgIpc) is 2.96. The van der Waals surface area contributed by atoms with Crippen LogP contribution in [0.25, 0.3) is 11.3 Å². The van der Waals surface area contributed by atoms with E-state index >= 15 is 4.39 Å². The summed E-state index contributed by atoms with van der Waals surface area (Å²) in [6.45, 7) is 12.3. The molecule has 1 aliphatic rings. The lowest BCUT2D eigenvalue weighted by atomic mass is 10.0. The van der Waals surface area contributed by atoms with Crippen LogP contribution in [0.1, 0.15) is 43.5 Å². The SMILES string of the molecule is C=CC(=O)N1CCN(/C(=N/C)c2cc(F)c(-c3c(O)cccc3F)nc2N(C=O)c2c(C)ccnc2C(C)C)C(C)C1. The Hall–Kier alpha value is -4.67. The van der Waals surface area contributed by atoms with Crippen molar-refractivity contribution in [1.82, 2.24) is 19.8 Å². The number of nitrogens with zero attached hydrogens (tertiary/aromatic N) is 6. The Bertz CT molecular complexity index is 1540. The van der Waals surface area contributed by atoms with E-state index in [0.717, 1.165) is 12.1 Å². The minimum absolute atomic E-state index is 0.0144. The Morgan fingerprint density at radius 2 is 1.98 bits per heavy atom. The van der Waals surface area contributed by atoms with Gasteiger partial charge < -0.3 is 14.9 Å². The number of anilines is 2. The van der Waals surface area contributed by atoms with Crippen molar-refractivity contribution < 1.29 is 23.5 Å². The number of carbonyl (C=O) groups excluding carboxylic acids is 2. The molecule has 1 fully saturated rings. The summed E-state index contributed by atoms with van der Waals surface area (Å²) in [4.78, 5) is 43.5. The number of aromatic nitrogens is 2. The number of aryl methyl sites for hydroxylation is 1. The van der Waals surface area contributed by atoms with Gasteiger partial charge in [0.2, 0.25) is 12.3 Å². The van der Waals surface area contributed by atoms with E-state index in [1.807, 2.05) is 32.6 Å². The van der Waals surface area contributed by atoms with E-state index in [0.29, 0.717) is 48.8 Å². The molecule has 11 heteroatoms. The summed E-state index contributed by atoms with van der Waals surface area (Å²) < 4.78 is 30.9. The van der Waals surface area contributed by atoms with Gasteiger partial charge in [0.15, 0.2) is 11.6 Å². The number of piperazine rings is 1. The van der Waals surface area contributed by atoms with E-state index in [9.17, 15) is 19.1 Å². The van der Waals surface area contributed by atoms with Crippen molar-refractivity contribution in [2.24, 2.45) is 4.99 Å². The number of rotatable bonds is 7. The number of hydrogen-bond acceptors (Lipinski definition) is 6. The maximum Gasteiger partial charge on any atom is 0.246 e. The van der Waals surface area contributed by atoms with Crippen LogP contribution in [0.5, 0.6) is 5.75 Å². The first-order chi connectivity index (χ1) is 20.0. The molecule has 0 radical (unpaired) electrons. The fourth-order valence-corrected chi connectivity index (χ4v) is 5.27. The molecule has 1 aliphatic heterocycles. The van der Waals surface area contributed by atoms with Crippen molar-refractivity contribution in [3.8, 4) is 17.0 Å². The molecular formula is C31H34F2N6O3. The zero-order valence-electron chi connectivity index (χ0n) is 24.3. The van der Waals surface area contributed by atoms with E-state index in [-0.39, 0.29) is 29.2 Å². The predicted molar refractivity (Wildman–Crippen MR) is 158 cm³/mol. The summed E-state index contributed by atoms with van der Waals surface area (Å²) in [5.74, 6) is -2.26. The lowest BCUT2D eigenvalue weighted by molar-refractivity contribution is -0.128. The van der Waals surface area contributed by atoms with Gasteiger partial charge >= 0.3 is 0 Å². The Labute approximate surface area is 243 Å². The van der Waals surface area contributed by atoms with Crippen LogP contribution in [0.4, 0.5) is 20.3 Å². The third kappa shape index (κ3) is 5.59. The first-order valence-corrected chi connectivity index (χ1v) is 13.6. The van der Waals surface area contributed by atoms with E-state index in [1.54, 1.807) is 24.2 Å². The second-order valence-corrected chi connectivity index (χ2v) is 10.4. The monoisotopic (exact) mass is 576 g/mol. The molecule has 1 saturated heterocycles. The van der Waals surface area contributed by atoms with Gasteiger partial charge in [-0.3, -0.25) is 24.5 Å². The van der Waals surface area contributed by atoms with Crippen LogP contribution in [0.3, 0.4) is 0 Å². The Morgan fingerprint density at radius 3 is 2.57 bits per heavy atom. The quantitative estimate of drug-likeness (QED) is 0.185. The first kappa shape index (κ1) is 30.3. The number of aliphatic imine (C=N–C) groups is 1. The van der Waals surface area contributed by atoms with Crippen molar-refractivity contribution in [3.05, 3.63) is 77.6 Å². The van der Waals surface area contributed by atoms with Gasteiger partial charge in [0, 0.05) is 38.9 Å². The highest BCUT2D eigenvalue weighted by Crippen LogP contribution is 2.39. The molecule has 0 bridgehead atoms. The molecule has 1 atom stereocenters. The van der Waals surface area contributed by atoms with E-state index < -0.39 is 28.6 Å². The number of carbonyl (C=O) groups is 2. The number of halogens is 2. The highest BCUT2D eigenvalue weighted by atomic mass is 19.1. The van der Waals surface area contributed by atoms with Crippen LogP contribution in [0.2, 0.25) is 0 Å². The number of phenols is 1. The molecule has 3 aromatic rings. The van der Waals surface area contributed by atoms with Gasteiger partial charge in [-0.05, 0) is 55.7 Å². The van der Waals surface area contributed by atoms with E-state index in [2.05, 4.69) is 21.5 Å². The third-order valence-corrected chi connectivity index (χ3v) is 7.30. The molecule has 9 nitrogen and oxygen atoms in total. The number of phenolic OH excluding ortho intramolecular Hbond substituents is 1. The Balaban J connectivity index is 1.98. The fourth-order valence-electron chi connectivity index (χ4n) is 5.27. The average molecular weight is 577 g/mol. The van der Waals surface area contributed by atoms with Crippen LogP contribution in [0, 0.1) is 18.6 Å². The van der Waals surface area contributed by atoms with Crippen molar-refractivity contribution >= 4 is 29.7 Å². The number of benzene rings is 1. The molecule has 1 N–H and O–H groups in total. The van der Waals surface area contributed by atoms with Crippen molar-refractivity contribution in [2.75, 3.05) is 31.6 Å². The molecule has 0 saturated carbocycles. The van der Waals surface area contributed by atoms with Gasteiger partial charge in [-0.2, -0.15) is 0 Å². The van der Waals surface area contributed by atoms with Gasteiger partial charge in [-0.15, -0.1) is 0 Å². The van der Waals surface area contributed by atoms with Gasteiger partial charge in [-0.1, -0.05) is 26.5 Å². The van der Waals surface area contributed by atoms with Crippen molar-refractivity contribution in [1.29, 1.82) is 0 Å². The number of pyridine rings is 2. The maximum absolute atomic E-state index is 15.9. The second-order valence-electron chi connectivity index (χ2n) is 10.4. The molecular weight excluding hydrogens is 542 g/mol. The molecule has 0 aliphatic carbocycles. The largest absolute Gasteiger partial charge is 0.507 e. The van der Waals surface area contributed by atoms with Crippen molar-refractivity contribution in [2.45, 2.75) is 39.7 Å². The summed E-state index contributed by atoms with van der Waals surface area (Å²) in [5, 5.41) is 10.5. The summed E-state index contributed by atoms with van der Waals surface area (Å²) in [6, 6.07) is 6.29. The summed E-state index contributed by atoms with van der Waals surface area (Å²) >= 11 is 0. The van der Waals surface area contributed by atoms with Crippen LogP contribution in [0.15, 0.2) is 54.2 Å². The normalized spacial score (nSPS) is 15.6. The lowest BCUT2D eigenvalue weighted by Crippen LogP contribution is -2.55. The molecule has 4 rings (SSSR count). The lowest BCUT2D eigenvalue weighted by Gasteiger charge is -2.41. The Kier molecular flexibility index (Phi) is 8.99. The van der Waals surface area contributed by atoms with Crippen LogP contribution >= 0.6 is 0 Å². The third-order valence-electron chi connectivity index (χ3n) is 7.30. The molecule has 2 aromatic heterocycles. The Morgan fingerprint density at radius 1 is 1.24 bits per heavy atom. The molecule has 3 heterocycles. The molecule has 220 valence electrons. The summed E-state index contributed by atoms with van der Waals surface area (Å²) in [5.41, 5.74) is 1.06. The summed E-state index contributed by atoms with van der Waals surface area (Å²) in [7, 11) is 1.54. The molecule has 1 aromatic carbocycles. The number of amides is 2. The van der Waals surface area contributed by atoms with Crippen LogP contribution in [-0.2, 0) is 9.59 Å². The molecule has 0 spiro atoms. The van der Waals surface area contributed by atoms with Gasteiger partial charge in [0.05, 0.1) is 22.5 Å². The highest BCUT2D eigenvalue weighted by molar-refractivity contribution is 6.07. The van der Waals surface area contributed by atoms with Gasteiger partial charge in [-0.25, -0.2) is 13.8 Å². The number of hydrogen-bond donors (Lipinski definition) is 1. The topological polar surface area (TPSA) is 102 Å². The minimum Gasteiger partial charge on any atom is -0.507 e. The smallest absolute Gasteiger partial charge is 0.246 e. The minimum atomic E-state index is -0.915. The van der Waals surface area contributed by atoms with E-state index in [1.165, 1.54) is 23.1 Å². The van der Waals surface area contributed by atoms with Gasteiger partial charge in [0.1, 0.15) is 23.1 Å². The van der Waals surface area contributed by atoms with Crippen LogP contribution in [-0.4, -0.2) is 75.8 Å². The molecule has 42 heavy (non-hydrogen) atoms. The zero-order valence-corrected chi connectivity index (χ0v) is 24.3. The fraction of sp³-hybridized carbons (Fsp3) is 0.323. The second kappa shape index (κ2) is 12.5. The van der Waals surface area contributed by atoms with Crippen molar-refractivity contribution in [3.63, 3.8) is 0 Å². The van der Waals surface area contributed by atoms with Crippen LogP contribution < -0.4 is 4.90 Å². The first-order valence-electron chi connectivity index (χ1n) is 13.6. The zero-order chi connectivity index (χ0) is 30.7. The number of aromatic hydroxyl groups is 1. The maximum atomic E-state index is 15.9. The summed E-state index contributed by atoms with van der Waals surface area (Å²) in [6.07, 6.45) is 3.46. The molecule has 1 unspecified atom stereocenters. The van der Waals surface area contributed by atoms with E-state index in [4.69, 9.17) is 0 Å². The standard InChI is InChI=1S/C31H34F2N6O3/c1-7-25(42)37-13-14-38(20(5)16-37)30(34-6)21-15-23(33)28(26-22(32)9-8-10-24(26)41)36-31(21)39(17-40)29-19(4)11-12-35-27(29)18(2)3/h7-12,15,17-18,20,41H,1,13-14,16H2,2-6H3/b34-30+. The highest BCUT2D eigenvalue weighted by Gasteiger charge is 2.33. The number of amidine groups is 1. The molecule has 2 amide bonds.